The predicted octanol–water partition coefficient (Wildman–Crippen LogP) is 5.88. The Hall–Kier alpha value is -2.81. The topological polar surface area (TPSA) is 72.9 Å². The Kier molecular flexibility index (Phi) is 9.27. The molecule has 1 unspecified atom stereocenters. The fourth-order valence-corrected chi connectivity index (χ4v) is 5.89. The summed E-state index contributed by atoms with van der Waals surface area (Å²) in [6.07, 6.45) is 12.7. The SMILES string of the molecule is COC(=O)C(c1cc(F)ccc1[C@@H]1CCCCO1)N(C)C1CC(OCCCCC2=CCc3cccnc3N2)C1. The number of fused-ring (bicyclic) bond motifs is 1. The number of rotatable bonds is 11. The zero-order valence-corrected chi connectivity index (χ0v) is 23.0. The van der Waals surface area contributed by atoms with E-state index in [1.165, 1.54) is 30.5 Å². The van der Waals surface area contributed by atoms with Gasteiger partial charge in [0.25, 0.3) is 0 Å². The van der Waals surface area contributed by atoms with Crippen LogP contribution in [0.3, 0.4) is 0 Å². The minimum absolute atomic E-state index is 0.127. The van der Waals surface area contributed by atoms with Crippen LogP contribution in [-0.2, 0) is 25.4 Å². The first-order valence-electron chi connectivity index (χ1n) is 14.3. The van der Waals surface area contributed by atoms with Gasteiger partial charge in [-0.15, -0.1) is 0 Å². The van der Waals surface area contributed by atoms with Crippen LogP contribution in [0.1, 0.15) is 80.2 Å². The lowest BCUT2D eigenvalue weighted by molar-refractivity contribution is -0.150. The van der Waals surface area contributed by atoms with Gasteiger partial charge in [0.1, 0.15) is 17.7 Å². The molecule has 1 aromatic carbocycles. The van der Waals surface area contributed by atoms with Crippen molar-refractivity contribution in [3.05, 3.63) is 70.8 Å². The summed E-state index contributed by atoms with van der Waals surface area (Å²) in [5.41, 5.74) is 3.99. The van der Waals surface area contributed by atoms with Gasteiger partial charge in [-0.05, 0) is 99.7 Å². The third kappa shape index (κ3) is 6.68. The van der Waals surface area contributed by atoms with Gasteiger partial charge in [-0.1, -0.05) is 18.2 Å². The lowest BCUT2D eigenvalue weighted by Gasteiger charge is -2.44. The number of aromatic nitrogens is 1. The number of ether oxygens (including phenoxy) is 3. The number of methoxy groups -OCH3 is 1. The van der Waals surface area contributed by atoms with E-state index >= 15 is 0 Å². The van der Waals surface area contributed by atoms with Crippen LogP contribution in [0.4, 0.5) is 10.2 Å². The Morgan fingerprint density at radius 3 is 2.92 bits per heavy atom. The first-order valence-corrected chi connectivity index (χ1v) is 14.3. The largest absolute Gasteiger partial charge is 0.468 e. The summed E-state index contributed by atoms with van der Waals surface area (Å²) in [6, 6.07) is 8.25. The number of nitrogens with one attached hydrogen (secondary N) is 1. The minimum atomic E-state index is -0.687. The Morgan fingerprint density at radius 1 is 1.26 bits per heavy atom. The molecule has 0 radical (unpaired) electrons. The van der Waals surface area contributed by atoms with Crippen molar-refractivity contribution in [1.82, 2.24) is 9.88 Å². The highest BCUT2D eigenvalue weighted by atomic mass is 19.1. The van der Waals surface area contributed by atoms with Gasteiger partial charge in [0.15, 0.2) is 0 Å². The number of hydrogen-bond donors (Lipinski definition) is 1. The molecule has 2 aromatic rings. The number of nitrogens with zero attached hydrogens (tertiary/aromatic N) is 2. The van der Waals surface area contributed by atoms with E-state index < -0.39 is 6.04 Å². The Morgan fingerprint density at radius 2 is 2.13 bits per heavy atom. The number of hydrogen-bond acceptors (Lipinski definition) is 7. The van der Waals surface area contributed by atoms with E-state index in [9.17, 15) is 9.18 Å². The van der Waals surface area contributed by atoms with Gasteiger partial charge in [0, 0.05) is 31.1 Å². The fraction of sp³-hybridized carbons (Fsp3) is 0.548. The van der Waals surface area contributed by atoms with Gasteiger partial charge >= 0.3 is 5.97 Å². The molecule has 1 aromatic heterocycles. The summed E-state index contributed by atoms with van der Waals surface area (Å²) >= 11 is 0. The predicted molar refractivity (Wildman–Crippen MR) is 148 cm³/mol. The van der Waals surface area contributed by atoms with E-state index in [2.05, 4.69) is 22.4 Å². The highest BCUT2D eigenvalue weighted by molar-refractivity contribution is 5.78. The second-order valence-corrected chi connectivity index (χ2v) is 10.9. The number of likely N-dealkylation sites (N-methyl/N-ethyl adjacent to an activating group) is 1. The second kappa shape index (κ2) is 13.0. The summed E-state index contributed by atoms with van der Waals surface area (Å²) in [6.45, 7) is 1.40. The third-order valence-corrected chi connectivity index (χ3v) is 8.28. The van der Waals surface area contributed by atoms with Crippen molar-refractivity contribution in [2.45, 2.75) is 82.1 Å². The molecule has 39 heavy (non-hydrogen) atoms. The normalized spacial score (nSPS) is 23.3. The van der Waals surface area contributed by atoms with Crippen LogP contribution < -0.4 is 5.32 Å². The molecule has 5 rings (SSSR count). The highest BCUT2D eigenvalue weighted by Gasteiger charge is 2.40. The van der Waals surface area contributed by atoms with Crippen LogP contribution >= 0.6 is 0 Å². The summed E-state index contributed by atoms with van der Waals surface area (Å²) in [5.74, 6) is 0.229. The molecule has 1 aliphatic carbocycles. The zero-order valence-electron chi connectivity index (χ0n) is 23.0. The second-order valence-electron chi connectivity index (χ2n) is 10.9. The van der Waals surface area contributed by atoms with Gasteiger partial charge in [-0.25, -0.2) is 14.2 Å². The monoisotopic (exact) mass is 537 g/mol. The average molecular weight is 538 g/mol. The number of benzene rings is 1. The van der Waals surface area contributed by atoms with Crippen molar-refractivity contribution < 1.29 is 23.4 Å². The number of allylic oxidation sites excluding steroid dienone is 2. The van der Waals surface area contributed by atoms with Crippen LogP contribution in [-0.4, -0.2) is 55.4 Å². The van der Waals surface area contributed by atoms with E-state index in [0.717, 1.165) is 75.8 Å². The maximum Gasteiger partial charge on any atom is 0.327 e. The molecule has 2 atom stereocenters. The summed E-state index contributed by atoms with van der Waals surface area (Å²) in [4.78, 5) is 19.4. The molecule has 1 saturated carbocycles. The molecule has 1 N–H and O–H groups in total. The Bertz CT molecular complexity index is 1160. The fourth-order valence-electron chi connectivity index (χ4n) is 5.89. The lowest BCUT2D eigenvalue weighted by Crippen LogP contribution is -2.49. The Labute approximate surface area is 230 Å². The summed E-state index contributed by atoms with van der Waals surface area (Å²) in [5, 5.41) is 3.44. The smallest absolute Gasteiger partial charge is 0.327 e. The molecule has 0 bridgehead atoms. The van der Waals surface area contributed by atoms with E-state index in [0.29, 0.717) is 12.2 Å². The molecule has 0 spiro atoms. The van der Waals surface area contributed by atoms with Gasteiger partial charge in [-0.2, -0.15) is 0 Å². The maximum atomic E-state index is 14.4. The molecule has 8 heteroatoms. The van der Waals surface area contributed by atoms with E-state index in [-0.39, 0.29) is 30.0 Å². The highest BCUT2D eigenvalue weighted by Crippen LogP contribution is 2.39. The number of halogens is 1. The van der Waals surface area contributed by atoms with Crippen LogP contribution in [0.15, 0.2) is 48.3 Å². The number of carbonyl (C=O) groups excluding carboxylic acids is 1. The molecule has 0 amide bonds. The van der Waals surface area contributed by atoms with Crippen molar-refractivity contribution in [3.8, 4) is 0 Å². The number of carbonyl (C=O) groups is 1. The minimum Gasteiger partial charge on any atom is -0.468 e. The van der Waals surface area contributed by atoms with Crippen molar-refractivity contribution in [2.75, 3.05) is 32.7 Å². The van der Waals surface area contributed by atoms with Crippen molar-refractivity contribution in [3.63, 3.8) is 0 Å². The molecule has 210 valence electrons. The van der Waals surface area contributed by atoms with E-state index in [4.69, 9.17) is 14.2 Å². The van der Waals surface area contributed by atoms with Crippen LogP contribution in [0, 0.1) is 5.82 Å². The molecule has 2 fully saturated rings. The van der Waals surface area contributed by atoms with Gasteiger partial charge in [-0.3, -0.25) is 4.90 Å². The number of unbranched alkanes of at least 4 members (excludes halogenated alkanes) is 1. The molecule has 3 heterocycles. The van der Waals surface area contributed by atoms with Crippen molar-refractivity contribution in [1.29, 1.82) is 0 Å². The summed E-state index contributed by atoms with van der Waals surface area (Å²) in [7, 11) is 3.32. The van der Waals surface area contributed by atoms with E-state index in [1.54, 1.807) is 6.07 Å². The number of pyridine rings is 1. The van der Waals surface area contributed by atoms with Crippen molar-refractivity contribution >= 4 is 11.8 Å². The zero-order chi connectivity index (χ0) is 27.2. The lowest BCUT2D eigenvalue weighted by atomic mass is 9.85. The average Bonchev–Trinajstić information content (AvgIpc) is 2.94. The standard InChI is InChI=1S/C31H40FN3O4/c1-35(29(31(36)37-2)27-18-22(32)12-14-26(27)28-10-4-6-17-39-28)24-19-25(20-24)38-16-5-3-9-23-13-11-21-8-7-15-33-30(21)34-23/h7-8,12-15,18,24-25,28-29H,3-6,9-11,16-17,19-20H2,1-2H3,(H,33,34)/t24?,25?,28-,29?/m0/s1. The Balaban J connectivity index is 1.10. The molecular weight excluding hydrogens is 497 g/mol. The first-order chi connectivity index (χ1) is 19.0. The number of anilines is 1. The molecule has 2 aliphatic heterocycles. The van der Waals surface area contributed by atoms with Crippen LogP contribution in [0.2, 0.25) is 0 Å². The third-order valence-electron chi connectivity index (χ3n) is 8.28. The number of esters is 1. The molecule has 1 saturated heterocycles. The molecule has 3 aliphatic rings. The quantitative estimate of drug-likeness (QED) is 0.284. The van der Waals surface area contributed by atoms with Crippen LogP contribution in [0.5, 0.6) is 0 Å². The van der Waals surface area contributed by atoms with Crippen molar-refractivity contribution in [2.24, 2.45) is 0 Å². The summed E-state index contributed by atoms with van der Waals surface area (Å²) < 4.78 is 31.7. The first kappa shape index (κ1) is 27.7. The molecular formula is C31H40FN3O4. The maximum absolute atomic E-state index is 14.4. The molecule has 7 nitrogen and oxygen atoms in total. The van der Waals surface area contributed by atoms with Gasteiger partial charge in [0.2, 0.25) is 0 Å². The van der Waals surface area contributed by atoms with Gasteiger partial charge in [0.05, 0.1) is 19.3 Å². The van der Waals surface area contributed by atoms with Crippen LogP contribution in [0.25, 0.3) is 0 Å². The van der Waals surface area contributed by atoms with Gasteiger partial charge < -0.3 is 19.5 Å². The van der Waals surface area contributed by atoms with E-state index in [1.807, 2.05) is 24.2 Å².